The van der Waals surface area contributed by atoms with Gasteiger partial charge < -0.3 is 5.32 Å². The Labute approximate surface area is 106 Å². The van der Waals surface area contributed by atoms with Crippen LogP contribution in [0.25, 0.3) is 10.7 Å². The standard InChI is InChI=1S/C12H18N4S/c1-5-13-8(2)11-9(3)15-12(17-11)10-6-7-14-16(10)4/h6-8,13H,5H2,1-4H3. The van der Waals surface area contributed by atoms with Crippen molar-refractivity contribution in [3.63, 3.8) is 0 Å². The van der Waals surface area contributed by atoms with Crippen LogP contribution >= 0.6 is 11.3 Å². The molecule has 2 rings (SSSR count). The second kappa shape index (κ2) is 4.98. The molecule has 2 aromatic rings. The van der Waals surface area contributed by atoms with Crippen LogP contribution in [0.3, 0.4) is 0 Å². The monoisotopic (exact) mass is 250 g/mol. The van der Waals surface area contributed by atoms with Crippen LogP contribution in [0.5, 0.6) is 0 Å². The summed E-state index contributed by atoms with van der Waals surface area (Å²) in [6.45, 7) is 7.34. The van der Waals surface area contributed by atoms with Crippen molar-refractivity contribution in [3.8, 4) is 10.7 Å². The van der Waals surface area contributed by atoms with Crippen LogP contribution in [0.1, 0.15) is 30.5 Å². The number of hydrogen-bond acceptors (Lipinski definition) is 4. The van der Waals surface area contributed by atoms with Crippen molar-refractivity contribution in [2.75, 3.05) is 6.54 Å². The third kappa shape index (κ3) is 2.40. The number of nitrogens with zero attached hydrogens (tertiary/aromatic N) is 3. The molecule has 4 nitrogen and oxygen atoms in total. The summed E-state index contributed by atoms with van der Waals surface area (Å²) < 4.78 is 1.86. The summed E-state index contributed by atoms with van der Waals surface area (Å²) in [6, 6.07) is 2.36. The van der Waals surface area contributed by atoms with Gasteiger partial charge in [0.2, 0.25) is 0 Å². The highest BCUT2D eigenvalue weighted by molar-refractivity contribution is 7.15. The smallest absolute Gasteiger partial charge is 0.142 e. The molecule has 0 aliphatic rings. The van der Waals surface area contributed by atoms with Gasteiger partial charge in [0.1, 0.15) is 5.01 Å². The lowest BCUT2D eigenvalue weighted by Crippen LogP contribution is -2.17. The normalized spacial score (nSPS) is 12.9. The van der Waals surface area contributed by atoms with Crippen LogP contribution < -0.4 is 5.32 Å². The molecule has 0 radical (unpaired) electrons. The first kappa shape index (κ1) is 12.3. The Balaban J connectivity index is 2.34. The van der Waals surface area contributed by atoms with Gasteiger partial charge in [-0.1, -0.05) is 6.92 Å². The lowest BCUT2D eigenvalue weighted by atomic mass is 10.2. The third-order valence-corrected chi connectivity index (χ3v) is 4.14. The van der Waals surface area contributed by atoms with Crippen LogP contribution in [-0.4, -0.2) is 21.3 Å². The zero-order valence-corrected chi connectivity index (χ0v) is 11.5. The lowest BCUT2D eigenvalue weighted by molar-refractivity contribution is 0.603. The molecular weight excluding hydrogens is 232 g/mol. The lowest BCUT2D eigenvalue weighted by Gasteiger charge is -2.09. The van der Waals surface area contributed by atoms with Gasteiger partial charge in [0.25, 0.3) is 0 Å². The fourth-order valence-electron chi connectivity index (χ4n) is 1.90. The van der Waals surface area contributed by atoms with E-state index in [0.717, 1.165) is 22.9 Å². The fourth-order valence-corrected chi connectivity index (χ4v) is 3.05. The number of aryl methyl sites for hydroxylation is 2. The first-order valence-electron chi connectivity index (χ1n) is 5.82. The first-order chi connectivity index (χ1) is 8.13. The van der Waals surface area contributed by atoms with Gasteiger partial charge in [-0.25, -0.2) is 4.98 Å². The summed E-state index contributed by atoms with van der Waals surface area (Å²) in [5, 5.41) is 8.65. The second-order valence-electron chi connectivity index (χ2n) is 4.09. The van der Waals surface area contributed by atoms with Crippen molar-refractivity contribution in [2.24, 2.45) is 7.05 Å². The Bertz CT molecular complexity index is 500. The molecule has 0 fully saturated rings. The van der Waals surface area contributed by atoms with Crippen molar-refractivity contribution < 1.29 is 0 Å². The molecule has 0 aromatic carbocycles. The molecule has 0 saturated carbocycles. The van der Waals surface area contributed by atoms with Crippen LogP contribution in [0.15, 0.2) is 12.3 Å². The Kier molecular flexibility index (Phi) is 3.59. The molecule has 1 N–H and O–H groups in total. The molecule has 0 aliphatic heterocycles. The van der Waals surface area contributed by atoms with E-state index < -0.39 is 0 Å². The van der Waals surface area contributed by atoms with Crippen molar-refractivity contribution in [3.05, 3.63) is 22.8 Å². The van der Waals surface area contributed by atoms with Gasteiger partial charge in [0, 0.05) is 24.2 Å². The Morgan fingerprint density at radius 2 is 2.29 bits per heavy atom. The molecule has 0 bridgehead atoms. The maximum absolute atomic E-state index is 4.63. The predicted octanol–water partition coefficient (Wildman–Crippen LogP) is 2.52. The largest absolute Gasteiger partial charge is 0.310 e. The molecule has 5 heteroatoms. The molecule has 0 spiro atoms. The highest BCUT2D eigenvalue weighted by Crippen LogP contribution is 2.31. The number of thiazole rings is 1. The summed E-state index contributed by atoms with van der Waals surface area (Å²) in [7, 11) is 1.94. The number of rotatable bonds is 4. The predicted molar refractivity (Wildman–Crippen MR) is 71.1 cm³/mol. The molecule has 2 aromatic heterocycles. The van der Waals surface area contributed by atoms with Crippen LogP contribution in [0.4, 0.5) is 0 Å². The van der Waals surface area contributed by atoms with Crippen molar-refractivity contribution in [1.29, 1.82) is 0 Å². The Hall–Kier alpha value is -1.20. The van der Waals surface area contributed by atoms with E-state index in [2.05, 4.69) is 36.2 Å². The summed E-state index contributed by atoms with van der Waals surface area (Å²) in [6.07, 6.45) is 1.81. The molecule has 0 amide bonds. The van der Waals surface area contributed by atoms with Gasteiger partial charge in [0.05, 0.1) is 11.4 Å². The van der Waals surface area contributed by atoms with Crippen molar-refractivity contribution >= 4 is 11.3 Å². The number of aromatic nitrogens is 3. The minimum atomic E-state index is 0.361. The van der Waals surface area contributed by atoms with Crippen LogP contribution in [0.2, 0.25) is 0 Å². The van der Waals surface area contributed by atoms with E-state index >= 15 is 0 Å². The SMILES string of the molecule is CCNC(C)c1sc(-c2ccnn2C)nc1C. The highest BCUT2D eigenvalue weighted by atomic mass is 32.1. The maximum atomic E-state index is 4.63. The van der Waals surface area contributed by atoms with Gasteiger partial charge >= 0.3 is 0 Å². The van der Waals surface area contributed by atoms with E-state index in [9.17, 15) is 0 Å². The molecular formula is C12H18N4S. The quantitative estimate of drug-likeness (QED) is 0.906. The van der Waals surface area contributed by atoms with Gasteiger partial charge in [0.15, 0.2) is 0 Å². The van der Waals surface area contributed by atoms with Gasteiger partial charge in [-0.3, -0.25) is 4.68 Å². The second-order valence-corrected chi connectivity index (χ2v) is 5.12. The molecule has 2 heterocycles. The van der Waals surface area contributed by atoms with E-state index in [1.807, 2.05) is 17.8 Å². The van der Waals surface area contributed by atoms with Crippen molar-refractivity contribution in [1.82, 2.24) is 20.1 Å². The summed E-state index contributed by atoms with van der Waals surface area (Å²) in [5.74, 6) is 0. The minimum absolute atomic E-state index is 0.361. The number of nitrogens with one attached hydrogen (secondary N) is 1. The Morgan fingerprint density at radius 3 is 2.88 bits per heavy atom. The average molecular weight is 250 g/mol. The molecule has 0 saturated heterocycles. The van der Waals surface area contributed by atoms with E-state index in [1.165, 1.54) is 4.88 Å². The maximum Gasteiger partial charge on any atom is 0.142 e. The third-order valence-electron chi connectivity index (χ3n) is 2.78. The van der Waals surface area contributed by atoms with E-state index in [1.54, 1.807) is 17.5 Å². The van der Waals surface area contributed by atoms with E-state index in [-0.39, 0.29) is 0 Å². The number of hydrogen-bond donors (Lipinski definition) is 1. The van der Waals surface area contributed by atoms with Gasteiger partial charge in [-0.2, -0.15) is 5.10 Å². The summed E-state index contributed by atoms with van der Waals surface area (Å²) >= 11 is 1.74. The van der Waals surface area contributed by atoms with E-state index in [0.29, 0.717) is 6.04 Å². The first-order valence-corrected chi connectivity index (χ1v) is 6.64. The highest BCUT2D eigenvalue weighted by Gasteiger charge is 2.15. The fraction of sp³-hybridized carbons (Fsp3) is 0.500. The molecule has 92 valence electrons. The topological polar surface area (TPSA) is 42.7 Å². The molecule has 0 aliphatic carbocycles. The zero-order chi connectivity index (χ0) is 12.4. The van der Waals surface area contributed by atoms with E-state index in [4.69, 9.17) is 0 Å². The van der Waals surface area contributed by atoms with Crippen LogP contribution in [0, 0.1) is 6.92 Å². The van der Waals surface area contributed by atoms with Crippen LogP contribution in [-0.2, 0) is 7.05 Å². The summed E-state index contributed by atoms with van der Waals surface area (Å²) in [5.41, 5.74) is 2.19. The minimum Gasteiger partial charge on any atom is -0.310 e. The van der Waals surface area contributed by atoms with Crippen molar-refractivity contribution in [2.45, 2.75) is 26.8 Å². The summed E-state index contributed by atoms with van der Waals surface area (Å²) in [4.78, 5) is 5.94. The Morgan fingerprint density at radius 1 is 1.53 bits per heavy atom. The van der Waals surface area contributed by atoms with Gasteiger partial charge in [-0.05, 0) is 26.5 Å². The zero-order valence-electron chi connectivity index (χ0n) is 10.7. The average Bonchev–Trinajstić information content (AvgIpc) is 2.84. The molecule has 1 unspecified atom stereocenters. The molecule has 17 heavy (non-hydrogen) atoms. The molecule has 1 atom stereocenters. The van der Waals surface area contributed by atoms with Gasteiger partial charge in [-0.15, -0.1) is 11.3 Å².